The summed E-state index contributed by atoms with van der Waals surface area (Å²) in [5, 5.41) is 4.21. The Balaban J connectivity index is 1.57. The summed E-state index contributed by atoms with van der Waals surface area (Å²) < 4.78 is 9.61. The summed E-state index contributed by atoms with van der Waals surface area (Å²) in [4.78, 5) is 4.53. The minimum absolute atomic E-state index is 0.786. The predicted molar refractivity (Wildman–Crippen MR) is 83.8 cm³/mol. The van der Waals surface area contributed by atoms with Crippen molar-refractivity contribution in [1.29, 1.82) is 0 Å². The van der Waals surface area contributed by atoms with Gasteiger partial charge in [0.25, 0.3) is 0 Å². The van der Waals surface area contributed by atoms with Crippen LogP contribution >= 0.6 is 0 Å². The lowest BCUT2D eigenvalue weighted by molar-refractivity contribution is 0.357. The number of aromatic nitrogens is 4. The number of hydrogen-bond donors (Lipinski definition) is 0. The molecule has 1 aliphatic rings. The number of rotatable bonds is 4. The van der Waals surface area contributed by atoms with Crippen LogP contribution in [0.3, 0.4) is 0 Å². The van der Waals surface area contributed by atoms with Crippen LogP contribution in [0.2, 0.25) is 0 Å². The molecule has 5 nitrogen and oxygen atoms in total. The van der Waals surface area contributed by atoms with Crippen molar-refractivity contribution in [2.75, 3.05) is 6.61 Å². The Hall–Kier alpha value is -2.56. The van der Waals surface area contributed by atoms with E-state index in [0.29, 0.717) is 0 Å². The first kappa shape index (κ1) is 13.1. The van der Waals surface area contributed by atoms with Gasteiger partial charge in [0.05, 0.1) is 12.8 Å². The molecule has 2 aromatic heterocycles. The maximum absolute atomic E-state index is 5.57. The molecule has 0 aliphatic carbocycles. The third-order valence-electron chi connectivity index (χ3n) is 4.06. The number of fused-ring (bicyclic) bond motifs is 1. The van der Waals surface area contributed by atoms with Crippen LogP contribution in [0.4, 0.5) is 0 Å². The molecule has 3 aromatic rings. The van der Waals surface area contributed by atoms with Crippen LogP contribution in [-0.4, -0.2) is 25.9 Å². The molecule has 4 rings (SSSR count). The molecule has 0 fully saturated rings. The SMILES string of the molecule is Cn1cc(CCn2ccnc2-c2ccc3c(c2)CCO3)cn1. The average molecular weight is 294 g/mol. The molecular formula is C17H18N4O. The molecule has 0 saturated carbocycles. The van der Waals surface area contributed by atoms with E-state index in [1.54, 1.807) is 0 Å². The maximum atomic E-state index is 5.57. The van der Waals surface area contributed by atoms with E-state index in [4.69, 9.17) is 4.74 Å². The summed E-state index contributed by atoms with van der Waals surface area (Å²) in [5.74, 6) is 2.02. The van der Waals surface area contributed by atoms with Gasteiger partial charge in [-0.2, -0.15) is 5.10 Å². The van der Waals surface area contributed by atoms with Gasteiger partial charge >= 0.3 is 0 Å². The molecule has 0 atom stereocenters. The lowest BCUT2D eigenvalue weighted by Gasteiger charge is -2.08. The fourth-order valence-corrected chi connectivity index (χ4v) is 2.93. The molecule has 1 aromatic carbocycles. The fourth-order valence-electron chi connectivity index (χ4n) is 2.93. The molecule has 0 N–H and O–H groups in total. The molecule has 0 unspecified atom stereocenters. The van der Waals surface area contributed by atoms with Gasteiger partial charge in [0.1, 0.15) is 11.6 Å². The summed E-state index contributed by atoms with van der Waals surface area (Å²) in [6.07, 6.45) is 9.81. The highest BCUT2D eigenvalue weighted by Gasteiger charge is 2.14. The molecule has 112 valence electrons. The van der Waals surface area contributed by atoms with E-state index in [-0.39, 0.29) is 0 Å². The summed E-state index contributed by atoms with van der Waals surface area (Å²) in [5.41, 5.74) is 3.67. The van der Waals surface area contributed by atoms with Gasteiger partial charge in [-0.3, -0.25) is 4.68 Å². The van der Waals surface area contributed by atoms with Crippen molar-refractivity contribution in [3.8, 4) is 17.1 Å². The highest BCUT2D eigenvalue weighted by Crippen LogP contribution is 2.29. The molecule has 3 heterocycles. The smallest absolute Gasteiger partial charge is 0.139 e. The van der Waals surface area contributed by atoms with Crippen molar-refractivity contribution in [3.63, 3.8) is 0 Å². The van der Waals surface area contributed by atoms with Crippen LogP contribution in [0.25, 0.3) is 11.4 Å². The topological polar surface area (TPSA) is 44.9 Å². The molecular weight excluding hydrogens is 276 g/mol. The van der Waals surface area contributed by atoms with Crippen LogP contribution in [0.1, 0.15) is 11.1 Å². The highest BCUT2D eigenvalue weighted by atomic mass is 16.5. The quantitative estimate of drug-likeness (QED) is 0.742. The molecule has 0 saturated heterocycles. The van der Waals surface area contributed by atoms with Crippen molar-refractivity contribution >= 4 is 0 Å². The summed E-state index contributed by atoms with van der Waals surface area (Å²) >= 11 is 0. The Bertz CT molecular complexity index is 803. The first-order chi connectivity index (χ1) is 10.8. The van der Waals surface area contributed by atoms with Gasteiger partial charge in [0.2, 0.25) is 0 Å². The highest BCUT2D eigenvalue weighted by molar-refractivity contribution is 5.60. The second-order valence-corrected chi connectivity index (χ2v) is 5.64. The number of nitrogens with zero attached hydrogens (tertiary/aromatic N) is 4. The maximum Gasteiger partial charge on any atom is 0.139 e. The van der Waals surface area contributed by atoms with Gasteiger partial charge in [-0.15, -0.1) is 0 Å². The van der Waals surface area contributed by atoms with E-state index in [2.05, 4.69) is 39.0 Å². The largest absolute Gasteiger partial charge is 0.493 e. The van der Waals surface area contributed by atoms with Gasteiger partial charge < -0.3 is 9.30 Å². The first-order valence-electron chi connectivity index (χ1n) is 7.54. The number of benzene rings is 1. The second-order valence-electron chi connectivity index (χ2n) is 5.64. The third-order valence-corrected chi connectivity index (χ3v) is 4.06. The van der Waals surface area contributed by atoms with E-state index in [0.717, 1.165) is 43.1 Å². The summed E-state index contributed by atoms with van der Waals surface area (Å²) in [6, 6.07) is 6.34. The Morgan fingerprint density at radius 1 is 1.32 bits per heavy atom. The van der Waals surface area contributed by atoms with Gasteiger partial charge in [-0.05, 0) is 35.7 Å². The molecule has 0 bridgehead atoms. The summed E-state index contributed by atoms with van der Waals surface area (Å²) in [7, 11) is 1.94. The first-order valence-corrected chi connectivity index (χ1v) is 7.54. The van der Waals surface area contributed by atoms with Gasteiger partial charge in [0.15, 0.2) is 0 Å². The molecule has 5 heteroatoms. The lowest BCUT2D eigenvalue weighted by Crippen LogP contribution is -2.02. The summed E-state index contributed by atoms with van der Waals surface area (Å²) in [6.45, 7) is 1.68. The Morgan fingerprint density at radius 2 is 2.27 bits per heavy atom. The van der Waals surface area contributed by atoms with Crippen molar-refractivity contribution in [1.82, 2.24) is 19.3 Å². The van der Waals surface area contributed by atoms with E-state index in [9.17, 15) is 0 Å². The third kappa shape index (κ3) is 2.39. The minimum Gasteiger partial charge on any atom is -0.493 e. The normalized spacial score (nSPS) is 13.1. The van der Waals surface area contributed by atoms with Crippen LogP contribution in [0, 0.1) is 0 Å². The van der Waals surface area contributed by atoms with Crippen LogP contribution in [0.15, 0.2) is 43.0 Å². The molecule has 0 amide bonds. The zero-order chi connectivity index (χ0) is 14.9. The molecule has 0 spiro atoms. The van der Waals surface area contributed by atoms with Gasteiger partial charge in [-0.1, -0.05) is 0 Å². The van der Waals surface area contributed by atoms with Gasteiger partial charge in [0, 0.05) is 44.2 Å². The van der Waals surface area contributed by atoms with Crippen LogP contribution < -0.4 is 4.74 Å². The Morgan fingerprint density at radius 3 is 3.14 bits per heavy atom. The van der Waals surface area contributed by atoms with E-state index < -0.39 is 0 Å². The number of aryl methyl sites for hydroxylation is 3. The number of hydrogen-bond acceptors (Lipinski definition) is 3. The number of imidazole rings is 1. The number of ether oxygens (including phenoxy) is 1. The molecule has 1 aliphatic heterocycles. The Kier molecular flexibility index (Phi) is 3.18. The van der Waals surface area contributed by atoms with Crippen molar-refractivity contribution in [2.24, 2.45) is 7.05 Å². The van der Waals surface area contributed by atoms with E-state index in [1.165, 1.54) is 11.1 Å². The zero-order valence-electron chi connectivity index (χ0n) is 12.6. The molecule has 0 radical (unpaired) electrons. The lowest BCUT2D eigenvalue weighted by atomic mass is 10.1. The Labute approximate surface area is 129 Å². The van der Waals surface area contributed by atoms with Crippen molar-refractivity contribution in [3.05, 3.63) is 54.1 Å². The average Bonchev–Trinajstić information content (AvgIpc) is 3.24. The van der Waals surface area contributed by atoms with Gasteiger partial charge in [-0.25, -0.2) is 4.98 Å². The van der Waals surface area contributed by atoms with E-state index >= 15 is 0 Å². The fraction of sp³-hybridized carbons (Fsp3) is 0.294. The van der Waals surface area contributed by atoms with Crippen molar-refractivity contribution in [2.45, 2.75) is 19.4 Å². The molecule has 22 heavy (non-hydrogen) atoms. The van der Waals surface area contributed by atoms with E-state index in [1.807, 2.05) is 30.3 Å². The predicted octanol–water partition coefficient (Wildman–Crippen LogP) is 2.46. The van der Waals surface area contributed by atoms with Crippen LogP contribution in [0.5, 0.6) is 5.75 Å². The van der Waals surface area contributed by atoms with Crippen molar-refractivity contribution < 1.29 is 4.74 Å². The zero-order valence-corrected chi connectivity index (χ0v) is 12.6. The van der Waals surface area contributed by atoms with Crippen LogP contribution in [-0.2, 0) is 26.4 Å². The second kappa shape index (κ2) is 5.33. The minimum atomic E-state index is 0.786. The standard InChI is InChI=1S/C17H18N4O/c1-20-12-13(11-19-20)4-7-21-8-6-18-17(21)15-2-3-16-14(10-15)5-9-22-16/h2-3,6,8,10-12H,4-5,7,9H2,1H3. The monoisotopic (exact) mass is 294 g/mol.